The number of benzene rings is 5. The topological polar surface area (TPSA) is 211 Å². The van der Waals surface area contributed by atoms with Gasteiger partial charge < -0.3 is 25.4 Å². The second-order valence-corrected chi connectivity index (χ2v) is 22.4. The summed E-state index contributed by atoms with van der Waals surface area (Å²) in [5.74, 6) is -0.144. The number of allylic oxidation sites excluding steroid dienone is 1. The van der Waals surface area contributed by atoms with Gasteiger partial charge in [0, 0.05) is 88.4 Å². The van der Waals surface area contributed by atoms with Gasteiger partial charge in [-0.15, -0.1) is 0 Å². The van der Waals surface area contributed by atoms with Gasteiger partial charge in [-0.3, -0.25) is 49.3 Å². The van der Waals surface area contributed by atoms with Crippen molar-refractivity contribution in [1.82, 2.24) is 45.0 Å². The molecule has 11 aromatic rings. The van der Waals surface area contributed by atoms with E-state index in [2.05, 4.69) is 107 Å². The van der Waals surface area contributed by atoms with E-state index in [9.17, 15) is 29.7 Å². The van der Waals surface area contributed by atoms with E-state index in [4.69, 9.17) is 0 Å². The number of rotatable bonds is 25. The summed E-state index contributed by atoms with van der Waals surface area (Å²) < 4.78 is 0. The van der Waals surface area contributed by atoms with E-state index in [1.807, 2.05) is 128 Å². The fourth-order valence-corrected chi connectivity index (χ4v) is 10.9. The molecule has 15 nitrogen and oxygen atoms in total. The maximum Gasteiger partial charge on any atom is 2.00 e. The van der Waals surface area contributed by atoms with E-state index in [0.717, 1.165) is 95.5 Å². The fourth-order valence-electron chi connectivity index (χ4n) is 10.9. The number of nitrogens with zero attached hydrogens (tertiary/aromatic N) is 8. The fraction of sp³-hybridized carbons (Fsp3) is 0.173. The van der Waals surface area contributed by atoms with Crippen LogP contribution >= 0.6 is 0 Å². The average Bonchev–Trinajstić information content (AvgIpc) is 0.763. The normalized spacial score (nSPS) is 10.8. The molecule has 93 heavy (non-hydrogen) atoms. The molecule has 6 heterocycles. The standard InChI is InChI=1S/C55H59B2N5O6.2C10H8N2.Ru/c1-38(2)54(63)23-12-14-30-61(34-42-16-5-9-20-50(42)56(65)66)37-49-45-19-8-7-18-44(45)48(36-62(31-15-28-60-55(64)39(3)4)35-43-17-6-10-21-51(43)57(67)68)46-25-24-40(32-47(46)49)41-26-29-59-53(33-41)52-22-11-13-27-58-52;2*1-3-7-11-9(5-1)10-6-2-4-8-12-10;/h5-11,13,16-22,24-27,29,32-33,65-68H,1,3,12,14-15,23,28,30-31,34-37H2,2,4H3,(H,60,64);2*1-8H;/q;;;+2. The Labute approximate surface area is 557 Å². The first kappa shape index (κ1) is 69.5. The first-order chi connectivity index (χ1) is 44.8. The number of unbranched alkanes of at least 4 members (excludes halogenated alkanes) is 1. The van der Waals surface area contributed by atoms with Crippen LogP contribution in [0.15, 0.2) is 256 Å². The molecule has 0 aliphatic heterocycles. The third-order valence-electron chi connectivity index (χ3n) is 15.6. The van der Waals surface area contributed by atoms with Gasteiger partial charge in [0.2, 0.25) is 5.91 Å². The molecule has 0 aliphatic rings. The first-order valence-electron chi connectivity index (χ1n) is 30.7. The SMILES string of the molecule is C=C(C)C(=O)CCCCN(Cc1ccccc1B(O)O)Cc1c2ccccc2c(CN(CCCNC(=O)C(=C)C)Cc2ccccc2B(O)O)c2ccc(-c3ccnc(-c4ccccn4)c3)cc12.[Ru+2].c1ccc(-c2ccccn2)nc1.c1ccc(-c2ccccn2)nc1. The van der Waals surface area contributed by atoms with Crippen molar-refractivity contribution in [3.8, 4) is 45.3 Å². The molecule has 0 spiro atoms. The van der Waals surface area contributed by atoms with Gasteiger partial charge in [0.05, 0.1) is 34.2 Å². The number of hydrogen-bond acceptors (Lipinski definition) is 14. The van der Waals surface area contributed by atoms with Gasteiger partial charge in [-0.05, 0) is 190 Å². The van der Waals surface area contributed by atoms with Gasteiger partial charge in [-0.25, -0.2) is 0 Å². The van der Waals surface area contributed by atoms with Crippen LogP contribution in [0.3, 0.4) is 0 Å². The summed E-state index contributed by atoms with van der Waals surface area (Å²) in [5.41, 5.74) is 12.8. The molecule has 0 saturated heterocycles. The second-order valence-electron chi connectivity index (χ2n) is 22.4. The van der Waals surface area contributed by atoms with E-state index >= 15 is 0 Å². The molecule has 468 valence electrons. The summed E-state index contributed by atoms with van der Waals surface area (Å²) in [6.07, 6.45) is 13.1. The number of ketones is 1. The predicted octanol–water partition coefficient (Wildman–Crippen LogP) is 11.2. The number of carbonyl (C=O) groups excluding carboxylic acids is 2. The molecule has 0 bridgehead atoms. The third kappa shape index (κ3) is 19.8. The molecule has 0 radical (unpaired) electrons. The summed E-state index contributed by atoms with van der Waals surface area (Å²) >= 11 is 0. The summed E-state index contributed by atoms with van der Waals surface area (Å²) in [5, 5.41) is 48.9. The minimum absolute atomic E-state index is 0. The van der Waals surface area contributed by atoms with Gasteiger partial charge in [0.1, 0.15) is 0 Å². The van der Waals surface area contributed by atoms with Gasteiger partial charge in [-0.2, -0.15) is 0 Å². The van der Waals surface area contributed by atoms with Crippen molar-refractivity contribution in [3.63, 3.8) is 0 Å². The van der Waals surface area contributed by atoms with Gasteiger partial charge in [0.25, 0.3) is 0 Å². The summed E-state index contributed by atoms with van der Waals surface area (Å²) in [6.45, 7) is 14.6. The molecule has 5 aromatic carbocycles. The molecule has 6 aromatic heterocycles. The van der Waals surface area contributed by atoms with Crippen LogP contribution in [-0.4, -0.2) is 105 Å². The average molecular weight is 1320 g/mol. The van der Waals surface area contributed by atoms with Crippen molar-refractivity contribution in [2.45, 2.75) is 65.7 Å². The zero-order valence-corrected chi connectivity index (χ0v) is 54.1. The van der Waals surface area contributed by atoms with E-state index in [-0.39, 0.29) is 31.2 Å². The van der Waals surface area contributed by atoms with Crippen LogP contribution in [0.5, 0.6) is 0 Å². The van der Waals surface area contributed by atoms with Crippen molar-refractivity contribution in [1.29, 1.82) is 0 Å². The molecule has 1 amide bonds. The Hall–Kier alpha value is -9.35. The predicted molar refractivity (Wildman–Crippen MR) is 370 cm³/mol. The molecular weight excluding hydrogens is 1250 g/mol. The Balaban J connectivity index is 0.000000365. The summed E-state index contributed by atoms with van der Waals surface area (Å²) in [6, 6.07) is 62.8. The third-order valence-corrected chi connectivity index (χ3v) is 15.6. The van der Waals surface area contributed by atoms with Crippen LogP contribution in [0.2, 0.25) is 0 Å². The van der Waals surface area contributed by atoms with Crippen LogP contribution in [0, 0.1) is 0 Å². The molecule has 18 heteroatoms. The minimum Gasteiger partial charge on any atom is -0.423 e. The quantitative estimate of drug-likeness (QED) is 0.0156. The van der Waals surface area contributed by atoms with Crippen molar-refractivity contribution >= 4 is 58.4 Å². The van der Waals surface area contributed by atoms with E-state index < -0.39 is 14.2 Å². The molecule has 0 aliphatic carbocycles. The zero-order valence-electron chi connectivity index (χ0n) is 52.3. The van der Waals surface area contributed by atoms with E-state index in [1.165, 1.54) is 0 Å². The summed E-state index contributed by atoms with van der Waals surface area (Å²) in [4.78, 5) is 55.6. The number of hydrogen-bond donors (Lipinski definition) is 5. The van der Waals surface area contributed by atoms with Crippen LogP contribution < -0.4 is 16.2 Å². The van der Waals surface area contributed by atoms with Crippen molar-refractivity contribution in [2.75, 3.05) is 19.6 Å². The molecule has 0 saturated carbocycles. The number of nitrogens with one attached hydrogen (secondary N) is 1. The van der Waals surface area contributed by atoms with Crippen LogP contribution in [0.4, 0.5) is 0 Å². The number of pyridine rings is 6. The Morgan fingerprint density at radius 3 is 1.26 bits per heavy atom. The Morgan fingerprint density at radius 1 is 0.419 bits per heavy atom. The van der Waals surface area contributed by atoms with Gasteiger partial charge in [-0.1, -0.05) is 128 Å². The monoisotopic (exact) mass is 1320 g/mol. The number of carbonyl (C=O) groups is 2. The van der Waals surface area contributed by atoms with Gasteiger partial charge in [0.15, 0.2) is 5.78 Å². The number of aromatic nitrogens is 6. The number of Topliss-reactive ketones (excluding diaryl/α,β-unsaturated/α-hetero) is 1. The maximum atomic E-state index is 12.6. The van der Waals surface area contributed by atoms with E-state index in [1.54, 1.807) is 69.1 Å². The molecular formula is C75H75B2N9O6Ru+2. The molecule has 11 rings (SSSR count). The summed E-state index contributed by atoms with van der Waals surface area (Å²) in [7, 11) is -3.28. The Bertz CT molecular complexity index is 4070. The molecule has 5 N–H and O–H groups in total. The van der Waals surface area contributed by atoms with Crippen molar-refractivity contribution < 1.29 is 49.2 Å². The smallest absolute Gasteiger partial charge is 0.423 e. The maximum absolute atomic E-state index is 12.6. The first-order valence-corrected chi connectivity index (χ1v) is 30.7. The minimum atomic E-state index is -1.64. The Kier molecular flexibility index (Phi) is 26.5. The van der Waals surface area contributed by atoms with Crippen molar-refractivity contribution in [3.05, 3.63) is 278 Å². The van der Waals surface area contributed by atoms with Crippen molar-refractivity contribution in [2.24, 2.45) is 0 Å². The molecule has 0 unspecified atom stereocenters. The molecule has 0 atom stereocenters. The molecule has 0 fully saturated rings. The van der Waals surface area contributed by atoms with Crippen LogP contribution in [0.25, 0.3) is 66.8 Å². The van der Waals surface area contributed by atoms with Gasteiger partial charge >= 0.3 is 33.7 Å². The second kappa shape index (κ2) is 35.5. The number of amides is 1. The zero-order chi connectivity index (χ0) is 64.6. The number of fused-ring (bicyclic) bond motifs is 2. The largest absolute Gasteiger partial charge is 2.00 e. The van der Waals surface area contributed by atoms with E-state index in [0.29, 0.717) is 87.1 Å². The van der Waals surface area contributed by atoms with Crippen LogP contribution in [0.1, 0.15) is 61.8 Å². The Morgan fingerprint density at radius 2 is 0.817 bits per heavy atom. The van der Waals surface area contributed by atoms with Crippen LogP contribution in [-0.2, 0) is 55.2 Å².